The number of hydrogen-bond acceptors (Lipinski definition) is 21. The molecular weight excluding hydrogens is 1470 g/mol. The summed E-state index contributed by atoms with van der Waals surface area (Å²) in [6, 6.07) is 0. The van der Waals surface area contributed by atoms with Crippen molar-refractivity contribution in [2.75, 3.05) is 185 Å². The van der Waals surface area contributed by atoms with Gasteiger partial charge in [-0.2, -0.15) is 0 Å². The molecule has 113 heavy (non-hydrogen) atoms. The maximum atomic E-state index is 12.9. The molecule has 23 nitrogen and oxygen atoms in total. The van der Waals surface area contributed by atoms with Gasteiger partial charge in [-0.15, -0.1) is 0 Å². The Bertz CT molecular complexity index is 2440. The Morgan fingerprint density at radius 1 is 0.425 bits per heavy atom. The lowest BCUT2D eigenvalue weighted by atomic mass is 9.72. The third kappa shape index (κ3) is 75.6. The highest BCUT2D eigenvalue weighted by molar-refractivity contribution is 7.47. The van der Waals surface area contributed by atoms with Gasteiger partial charge in [0, 0.05) is 38.8 Å². The maximum Gasteiger partial charge on any atom is 0.472 e. The number of phosphoric ester groups is 1. The zero-order valence-corrected chi connectivity index (χ0v) is 73.1. The second kappa shape index (κ2) is 80.8. The molecule has 24 heteroatoms. The molecule has 0 heterocycles. The fraction of sp³-hybridized carbons (Fsp3) is 0.843. The number of esters is 2. The monoisotopic (exact) mass is 1630 g/mol. The molecule has 1 aliphatic rings. The van der Waals surface area contributed by atoms with Gasteiger partial charge in [0.25, 0.3) is 0 Å². The standard InChI is InChI=1S/C89H162NO22P/c1-8-10-12-14-16-18-20-22-24-26-28-30-32-34-36-45-87(93)109-78-84(112-88(94)46-37-35-33-31-29-27-25-23-21-19-17-15-13-11-9-2)79-111-113(95,96)110-54-51-90-86(92)49-53-98-56-58-100-60-62-102-64-66-104-68-70-106-72-74-108-76-75-107-73-71-105-69-67-103-65-63-101-61-59-99-57-55-97-52-40-44-83(91)77-81(4)42-38-41-80(3)47-48-85-82(5)43-39-50-89(85,6)7/h38,41-42,47-48,77,84H,8-37,39-40,43-46,49-76,78-79H2,1-7H3,(H,90,92)(H,95,96)/b42-38+,48-47+,80-41+,81-77+/t84-/m1/s1. The van der Waals surface area contributed by atoms with Gasteiger partial charge < -0.3 is 76.5 Å². The first kappa shape index (κ1) is 107. The van der Waals surface area contributed by atoms with Gasteiger partial charge in [-0.1, -0.05) is 249 Å². The van der Waals surface area contributed by atoms with Gasteiger partial charge in [0.1, 0.15) is 6.61 Å². The number of phosphoric acid groups is 1. The number of ether oxygens (including phenoxy) is 14. The number of rotatable bonds is 87. The van der Waals surface area contributed by atoms with Crippen LogP contribution >= 0.6 is 7.82 Å². The molecule has 660 valence electrons. The zero-order chi connectivity index (χ0) is 82.1. The topological polar surface area (TPSA) is 265 Å². The molecule has 1 unspecified atom stereocenters. The molecule has 0 aromatic heterocycles. The molecule has 1 amide bonds. The third-order valence-corrected chi connectivity index (χ3v) is 20.2. The molecule has 0 spiro atoms. The van der Waals surface area contributed by atoms with Crippen LogP contribution in [0, 0.1) is 5.41 Å². The summed E-state index contributed by atoms with van der Waals surface area (Å²) in [5, 5.41) is 2.62. The molecule has 0 aromatic carbocycles. The Morgan fingerprint density at radius 3 is 1.18 bits per heavy atom. The SMILES string of the molecule is CCCCCCCCCCCCCCCCCC(=O)OC[C@H](COP(=O)(O)OCCNC(=O)CCOCCOCCOCCOCCOCCOCCOCCOCCOCCOCCOCCOCCCC(=O)/C=C(C)/C=C/C=C(C)/C=C/C1=C(C)CCCC1(C)C)OC(=O)CCCCCCCCCCCCCCCCC. The Labute approximate surface area is 685 Å². The van der Waals surface area contributed by atoms with Crippen LogP contribution in [0.2, 0.25) is 0 Å². The van der Waals surface area contributed by atoms with E-state index < -0.39 is 32.5 Å². The Morgan fingerprint density at radius 2 is 0.788 bits per heavy atom. The Kier molecular flexibility index (Phi) is 76.8. The first-order chi connectivity index (χ1) is 55.1. The number of carbonyl (C=O) groups is 4. The van der Waals surface area contributed by atoms with Crippen LogP contribution in [-0.2, 0) is 99.1 Å². The van der Waals surface area contributed by atoms with Crippen LogP contribution in [0.3, 0.4) is 0 Å². The van der Waals surface area contributed by atoms with Gasteiger partial charge in [-0.3, -0.25) is 28.2 Å². The second-order valence-corrected chi connectivity index (χ2v) is 31.7. The molecule has 0 saturated heterocycles. The van der Waals surface area contributed by atoms with Crippen LogP contribution in [0.25, 0.3) is 0 Å². The summed E-state index contributed by atoms with van der Waals surface area (Å²) in [5.74, 6) is -1.15. The lowest BCUT2D eigenvalue weighted by molar-refractivity contribution is -0.161. The van der Waals surface area contributed by atoms with Gasteiger partial charge >= 0.3 is 19.8 Å². The smallest absolute Gasteiger partial charge is 0.462 e. The lowest BCUT2D eigenvalue weighted by Crippen LogP contribution is -2.30. The fourth-order valence-corrected chi connectivity index (χ4v) is 13.3. The predicted molar refractivity (Wildman–Crippen MR) is 449 cm³/mol. The van der Waals surface area contributed by atoms with E-state index >= 15 is 0 Å². The molecule has 0 saturated carbocycles. The van der Waals surface area contributed by atoms with E-state index in [1.807, 2.05) is 19.1 Å². The quantitative estimate of drug-likeness (QED) is 0.0188. The summed E-state index contributed by atoms with van der Waals surface area (Å²) in [4.78, 5) is 60.9. The first-order valence-corrected chi connectivity index (χ1v) is 45.7. The molecule has 2 atom stereocenters. The average Bonchev–Trinajstić information content (AvgIpc) is 0.822. The number of amides is 1. The van der Waals surface area contributed by atoms with Crippen molar-refractivity contribution in [2.24, 2.45) is 5.41 Å². The molecular formula is C89H162NO22P. The zero-order valence-electron chi connectivity index (χ0n) is 72.2. The van der Waals surface area contributed by atoms with Crippen LogP contribution in [0.4, 0.5) is 0 Å². The van der Waals surface area contributed by atoms with Crippen molar-refractivity contribution >= 4 is 31.5 Å². The van der Waals surface area contributed by atoms with Crippen molar-refractivity contribution in [3.8, 4) is 0 Å². The van der Waals surface area contributed by atoms with Crippen molar-refractivity contribution in [1.29, 1.82) is 0 Å². The van der Waals surface area contributed by atoms with Crippen LogP contribution < -0.4 is 5.32 Å². The van der Waals surface area contributed by atoms with Crippen molar-refractivity contribution < 1.29 is 104 Å². The first-order valence-electron chi connectivity index (χ1n) is 44.2. The van der Waals surface area contributed by atoms with E-state index in [0.717, 1.165) is 44.1 Å². The molecule has 2 N–H and O–H groups in total. The van der Waals surface area contributed by atoms with Gasteiger partial charge in [0.15, 0.2) is 11.9 Å². The van der Waals surface area contributed by atoms with Crippen molar-refractivity contribution in [2.45, 2.75) is 299 Å². The molecule has 0 radical (unpaired) electrons. The highest BCUT2D eigenvalue weighted by Gasteiger charge is 2.28. The molecule has 1 rings (SSSR count). The van der Waals surface area contributed by atoms with Crippen LogP contribution in [0.15, 0.2) is 58.7 Å². The average molecular weight is 1630 g/mol. The van der Waals surface area contributed by atoms with E-state index in [9.17, 15) is 28.6 Å². The highest BCUT2D eigenvalue weighted by atomic mass is 31.2. The largest absolute Gasteiger partial charge is 0.472 e. The summed E-state index contributed by atoms with van der Waals surface area (Å²) < 4.78 is 101. The predicted octanol–water partition coefficient (Wildman–Crippen LogP) is 18.7. The van der Waals surface area contributed by atoms with Crippen LogP contribution in [0.1, 0.15) is 292 Å². The van der Waals surface area contributed by atoms with Crippen LogP contribution in [-0.4, -0.2) is 220 Å². The Balaban J connectivity index is 2.00. The molecule has 0 aromatic rings. The minimum absolute atomic E-state index is 0.0606. The normalized spacial score (nSPS) is 14.3. The fourth-order valence-electron chi connectivity index (χ4n) is 12.6. The second-order valence-electron chi connectivity index (χ2n) is 30.2. The molecule has 1 aliphatic carbocycles. The summed E-state index contributed by atoms with van der Waals surface area (Å²) in [7, 11) is -4.63. The molecule has 0 fully saturated rings. The Hall–Kier alpha value is -3.59. The minimum atomic E-state index is -4.63. The molecule has 0 bridgehead atoms. The number of carbonyl (C=O) groups excluding carboxylic acids is 4. The van der Waals surface area contributed by atoms with Gasteiger partial charge in [0.05, 0.1) is 165 Å². The summed E-state index contributed by atoms with van der Waals surface area (Å²) >= 11 is 0. The number of ketones is 1. The van der Waals surface area contributed by atoms with Gasteiger partial charge in [-0.05, 0) is 81.9 Å². The van der Waals surface area contributed by atoms with Crippen LogP contribution in [0.5, 0.6) is 0 Å². The summed E-state index contributed by atoms with van der Waals surface area (Å²) in [6.45, 7) is 24.4. The minimum Gasteiger partial charge on any atom is -0.462 e. The third-order valence-electron chi connectivity index (χ3n) is 19.2. The maximum absolute atomic E-state index is 12.9. The van der Waals surface area contributed by atoms with E-state index in [-0.39, 0.29) is 69.3 Å². The lowest BCUT2D eigenvalue weighted by Gasteiger charge is -2.32. The van der Waals surface area contributed by atoms with E-state index in [0.29, 0.717) is 171 Å². The van der Waals surface area contributed by atoms with Crippen molar-refractivity contribution in [3.05, 3.63) is 58.7 Å². The number of nitrogens with one attached hydrogen (secondary N) is 1. The number of allylic oxidation sites excluding steroid dienone is 10. The number of unbranched alkanes of at least 4 members (excludes halogenated alkanes) is 28. The van der Waals surface area contributed by atoms with E-state index in [4.69, 9.17) is 75.4 Å². The van der Waals surface area contributed by atoms with Crippen molar-refractivity contribution in [3.63, 3.8) is 0 Å². The highest BCUT2D eigenvalue weighted by Crippen LogP contribution is 2.43. The van der Waals surface area contributed by atoms with E-state index in [1.54, 1.807) is 6.08 Å². The summed E-state index contributed by atoms with van der Waals surface area (Å²) in [6.07, 6.45) is 52.8. The number of hydrogen-bond donors (Lipinski definition) is 2. The van der Waals surface area contributed by atoms with E-state index in [2.05, 4.69) is 65.1 Å². The summed E-state index contributed by atoms with van der Waals surface area (Å²) in [5.41, 5.74) is 5.28. The van der Waals surface area contributed by atoms with E-state index in [1.165, 1.54) is 177 Å². The molecule has 0 aliphatic heterocycles. The van der Waals surface area contributed by atoms with Gasteiger partial charge in [0.2, 0.25) is 5.91 Å². The van der Waals surface area contributed by atoms with Gasteiger partial charge in [-0.25, -0.2) is 4.57 Å². The van der Waals surface area contributed by atoms with Crippen molar-refractivity contribution in [1.82, 2.24) is 5.32 Å².